The Hall–Kier alpha value is -0.650. The van der Waals surface area contributed by atoms with E-state index in [9.17, 15) is 4.79 Å². The van der Waals surface area contributed by atoms with Crippen LogP contribution in [0.15, 0.2) is 0 Å². The first-order valence-electron chi connectivity index (χ1n) is 9.77. The predicted octanol–water partition coefficient (Wildman–Crippen LogP) is 2.10. The van der Waals surface area contributed by atoms with Gasteiger partial charge in [0, 0.05) is 26.2 Å². The molecule has 0 aromatic rings. The molecule has 2 aliphatic rings. The highest BCUT2D eigenvalue weighted by Gasteiger charge is 2.28. The van der Waals surface area contributed by atoms with E-state index in [1.165, 1.54) is 6.42 Å². The van der Waals surface area contributed by atoms with Crippen LogP contribution >= 0.6 is 0 Å². The maximum atomic E-state index is 12.4. The van der Waals surface area contributed by atoms with Gasteiger partial charge in [0.25, 0.3) is 0 Å². The molecule has 2 N–H and O–H groups in total. The zero-order valence-electron chi connectivity index (χ0n) is 16.0. The number of ether oxygens (including phenoxy) is 1. The normalized spacial score (nSPS) is 28.3. The van der Waals surface area contributed by atoms with Crippen LogP contribution in [-0.2, 0) is 9.53 Å². The van der Waals surface area contributed by atoms with E-state index < -0.39 is 0 Å². The molecule has 2 rings (SSSR count). The highest BCUT2D eigenvalue weighted by Crippen LogP contribution is 2.23. The van der Waals surface area contributed by atoms with Crippen molar-refractivity contribution >= 4 is 5.91 Å². The number of carbonyl (C=O) groups is 1. The summed E-state index contributed by atoms with van der Waals surface area (Å²) in [5, 5.41) is 0. The summed E-state index contributed by atoms with van der Waals surface area (Å²) in [5.41, 5.74) is 6.06. The van der Waals surface area contributed by atoms with Gasteiger partial charge in [-0.1, -0.05) is 13.8 Å². The van der Waals surface area contributed by atoms with Gasteiger partial charge in [-0.25, -0.2) is 0 Å². The van der Waals surface area contributed by atoms with Gasteiger partial charge >= 0.3 is 0 Å². The first-order valence-corrected chi connectivity index (χ1v) is 9.77. The molecule has 0 aromatic carbocycles. The van der Waals surface area contributed by atoms with E-state index in [4.69, 9.17) is 10.5 Å². The van der Waals surface area contributed by atoms with Crippen LogP contribution in [0.1, 0.15) is 53.4 Å². The van der Waals surface area contributed by atoms with Crippen molar-refractivity contribution < 1.29 is 9.53 Å². The molecule has 2 unspecified atom stereocenters. The van der Waals surface area contributed by atoms with Crippen molar-refractivity contribution in [1.29, 1.82) is 0 Å². The van der Waals surface area contributed by atoms with E-state index in [1.807, 2.05) is 4.90 Å². The molecule has 5 heteroatoms. The summed E-state index contributed by atoms with van der Waals surface area (Å²) in [6.07, 6.45) is 4.95. The summed E-state index contributed by atoms with van der Waals surface area (Å²) in [6, 6.07) is -0.321. The number of likely N-dealkylation sites (tertiary alicyclic amines) is 1. The molecule has 2 saturated heterocycles. The number of carbonyl (C=O) groups excluding carboxylic acids is 1. The lowest BCUT2D eigenvalue weighted by atomic mass is 9.92. The van der Waals surface area contributed by atoms with E-state index in [0.29, 0.717) is 18.1 Å². The molecular weight excluding hydrogens is 302 g/mol. The Balaban J connectivity index is 1.68. The SMILES string of the molecule is CC(C)C[C@H](N)C(=O)N1CCC(CCN2CC(C)OC(C)C2)CC1. The Morgan fingerprint density at radius 3 is 2.29 bits per heavy atom. The van der Waals surface area contributed by atoms with Crippen LogP contribution in [-0.4, -0.2) is 66.7 Å². The monoisotopic (exact) mass is 339 g/mol. The number of rotatable bonds is 6. The van der Waals surface area contributed by atoms with Crippen molar-refractivity contribution in [2.75, 3.05) is 32.7 Å². The maximum absolute atomic E-state index is 12.4. The average Bonchev–Trinajstić information content (AvgIpc) is 2.51. The Morgan fingerprint density at radius 2 is 1.75 bits per heavy atom. The maximum Gasteiger partial charge on any atom is 0.239 e. The number of piperidine rings is 1. The Bertz CT molecular complexity index is 384. The molecule has 24 heavy (non-hydrogen) atoms. The summed E-state index contributed by atoms with van der Waals surface area (Å²) in [4.78, 5) is 16.9. The van der Waals surface area contributed by atoms with Crippen LogP contribution in [0.3, 0.4) is 0 Å². The van der Waals surface area contributed by atoms with Crippen molar-refractivity contribution in [3.63, 3.8) is 0 Å². The number of amides is 1. The number of hydrogen-bond donors (Lipinski definition) is 1. The minimum atomic E-state index is -0.321. The second-order valence-corrected chi connectivity index (χ2v) is 8.31. The van der Waals surface area contributed by atoms with Gasteiger partial charge in [-0.15, -0.1) is 0 Å². The average molecular weight is 340 g/mol. The van der Waals surface area contributed by atoms with Gasteiger partial charge in [0.15, 0.2) is 0 Å². The molecule has 0 spiro atoms. The molecule has 140 valence electrons. The standard InChI is InChI=1S/C19H37N3O2/c1-14(2)11-18(20)19(23)22-9-6-17(7-10-22)5-8-21-12-15(3)24-16(4)13-21/h14-18H,5-13,20H2,1-4H3/t15?,16?,18-/m0/s1. The molecule has 0 radical (unpaired) electrons. The molecule has 3 atom stereocenters. The molecule has 2 heterocycles. The Kier molecular flexibility index (Phi) is 7.51. The first kappa shape index (κ1) is 19.7. The fraction of sp³-hybridized carbons (Fsp3) is 0.947. The van der Waals surface area contributed by atoms with Crippen LogP contribution in [0.2, 0.25) is 0 Å². The molecule has 2 fully saturated rings. The Labute approximate surface area is 147 Å². The summed E-state index contributed by atoms with van der Waals surface area (Å²) < 4.78 is 5.80. The van der Waals surface area contributed by atoms with E-state index in [0.717, 1.165) is 57.9 Å². The van der Waals surface area contributed by atoms with Crippen LogP contribution in [0.4, 0.5) is 0 Å². The molecule has 0 aliphatic carbocycles. The number of nitrogens with two attached hydrogens (primary N) is 1. The first-order chi connectivity index (χ1) is 11.3. The van der Waals surface area contributed by atoms with Gasteiger partial charge < -0.3 is 15.4 Å². The van der Waals surface area contributed by atoms with Gasteiger partial charge in [-0.2, -0.15) is 0 Å². The van der Waals surface area contributed by atoms with Gasteiger partial charge in [-0.05, 0) is 57.9 Å². The number of morpholine rings is 1. The summed E-state index contributed by atoms with van der Waals surface area (Å²) in [7, 11) is 0. The van der Waals surface area contributed by atoms with E-state index in [1.54, 1.807) is 0 Å². The molecule has 0 aromatic heterocycles. The van der Waals surface area contributed by atoms with Crippen LogP contribution in [0.25, 0.3) is 0 Å². The summed E-state index contributed by atoms with van der Waals surface area (Å²) in [5.74, 6) is 1.36. The lowest BCUT2D eigenvalue weighted by Gasteiger charge is -2.37. The molecule has 1 amide bonds. The fourth-order valence-electron chi connectivity index (χ4n) is 4.12. The highest BCUT2D eigenvalue weighted by atomic mass is 16.5. The van der Waals surface area contributed by atoms with Crippen LogP contribution in [0.5, 0.6) is 0 Å². The lowest BCUT2D eigenvalue weighted by Crippen LogP contribution is -2.48. The van der Waals surface area contributed by atoms with Crippen molar-refractivity contribution in [3.8, 4) is 0 Å². The molecule has 0 bridgehead atoms. The smallest absolute Gasteiger partial charge is 0.239 e. The predicted molar refractivity (Wildman–Crippen MR) is 97.8 cm³/mol. The van der Waals surface area contributed by atoms with Gasteiger partial charge in [0.1, 0.15) is 0 Å². The third-order valence-corrected chi connectivity index (χ3v) is 5.32. The summed E-state index contributed by atoms with van der Waals surface area (Å²) >= 11 is 0. The minimum Gasteiger partial charge on any atom is -0.373 e. The number of nitrogens with zero attached hydrogens (tertiary/aromatic N) is 2. The van der Waals surface area contributed by atoms with Gasteiger partial charge in [0.2, 0.25) is 5.91 Å². The third kappa shape index (κ3) is 6.01. The van der Waals surface area contributed by atoms with Gasteiger partial charge in [-0.3, -0.25) is 9.69 Å². The largest absolute Gasteiger partial charge is 0.373 e. The zero-order valence-corrected chi connectivity index (χ0v) is 16.0. The fourth-order valence-corrected chi connectivity index (χ4v) is 4.12. The third-order valence-electron chi connectivity index (χ3n) is 5.32. The zero-order chi connectivity index (χ0) is 17.7. The highest BCUT2D eigenvalue weighted by molar-refractivity contribution is 5.81. The molecule has 5 nitrogen and oxygen atoms in total. The van der Waals surface area contributed by atoms with Crippen molar-refractivity contribution in [1.82, 2.24) is 9.80 Å². The summed E-state index contributed by atoms with van der Waals surface area (Å²) in [6.45, 7) is 13.6. The van der Waals surface area contributed by atoms with E-state index >= 15 is 0 Å². The Morgan fingerprint density at radius 1 is 1.17 bits per heavy atom. The lowest BCUT2D eigenvalue weighted by molar-refractivity contribution is -0.134. The molecular formula is C19H37N3O2. The second kappa shape index (κ2) is 9.16. The van der Waals surface area contributed by atoms with Crippen LogP contribution in [0, 0.1) is 11.8 Å². The van der Waals surface area contributed by atoms with E-state index in [-0.39, 0.29) is 11.9 Å². The topological polar surface area (TPSA) is 58.8 Å². The molecule has 2 aliphatic heterocycles. The minimum absolute atomic E-state index is 0.151. The van der Waals surface area contributed by atoms with Crippen LogP contribution < -0.4 is 5.73 Å². The van der Waals surface area contributed by atoms with Crippen molar-refractivity contribution in [2.24, 2.45) is 17.6 Å². The molecule has 0 saturated carbocycles. The second-order valence-electron chi connectivity index (χ2n) is 8.31. The van der Waals surface area contributed by atoms with E-state index in [2.05, 4.69) is 32.6 Å². The van der Waals surface area contributed by atoms with Crippen molar-refractivity contribution in [3.05, 3.63) is 0 Å². The van der Waals surface area contributed by atoms with Gasteiger partial charge in [0.05, 0.1) is 18.2 Å². The van der Waals surface area contributed by atoms with Crippen molar-refractivity contribution in [2.45, 2.75) is 71.6 Å². The quantitative estimate of drug-likeness (QED) is 0.805. The number of hydrogen-bond acceptors (Lipinski definition) is 4.